The fourth-order valence-electron chi connectivity index (χ4n) is 2.45. The van der Waals surface area contributed by atoms with E-state index in [0.717, 1.165) is 5.39 Å². The fraction of sp³-hybridized carbons (Fsp3) is 0.400. The summed E-state index contributed by atoms with van der Waals surface area (Å²) in [5.74, 6) is 1.10. The minimum absolute atomic E-state index is 0.350. The second kappa shape index (κ2) is 4.24. The number of ether oxygens (including phenoxy) is 2. The molecule has 0 saturated carbocycles. The van der Waals surface area contributed by atoms with E-state index in [2.05, 4.69) is 0 Å². The van der Waals surface area contributed by atoms with E-state index >= 15 is 0 Å². The molecule has 1 aliphatic rings. The van der Waals surface area contributed by atoms with Crippen LogP contribution in [0.1, 0.15) is 19.4 Å². The summed E-state index contributed by atoms with van der Waals surface area (Å²) in [6.07, 6.45) is -0.334. The second-order valence-corrected chi connectivity index (χ2v) is 5.48. The highest BCUT2D eigenvalue weighted by molar-refractivity contribution is 5.85. The Morgan fingerprint density at radius 3 is 2.85 bits per heavy atom. The number of fused-ring (bicyclic) bond motifs is 3. The summed E-state index contributed by atoms with van der Waals surface area (Å²) in [4.78, 5) is 11.4. The highest BCUT2D eigenvalue weighted by Gasteiger charge is 2.38. The van der Waals surface area contributed by atoms with Crippen LogP contribution in [0.3, 0.4) is 0 Å². The third-order valence-corrected chi connectivity index (χ3v) is 3.71. The van der Waals surface area contributed by atoms with Gasteiger partial charge in [0.15, 0.2) is 11.5 Å². The molecular formula is C15H16O5. The summed E-state index contributed by atoms with van der Waals surface area (Å²) >= 11 is 0. The molecule has 0 spiro atoms. The Morgan fingerprint density at radius 1 is 1.40 bits per heavy atom. The molecule has 0 aliphatic carbocycles. The van der Waals surface area contributed by atoms with Gasteiger partial charge in [-0.3, -0.25) is 0 Å². The van der Waals surface area contributed by atoms with Crippen LogP contribution in [0, 0.1) is 0 Å². The van der Waals surface area contributed by atoms with Crippen molar-refractivity contribution in [2.24, 2.45) is 0 Å². The summed E-state index contributed by atoms with van der Waals surface area (Å²) in [6.45, 7) is 3.62. The van der Waals surface area contributed by atoms with Crippen molar-refractivity contribution in [1.29, 1.82) is 0 Å². The summed E-state index contributed by atoms with van der Waals surface area (Å²) in [7, 11) is 1.56. The highest BCUT2D eigenvalue weighted by atomic mass is 16.5. The van der Waals surface area contributed by atoms with Gasteiger partial charge in [-0.1, -0.05) is 0 Å². The number of hydrogen-bond acceptors (Lipinski definition) is 5. The number of hydrogen-bond donors (Lipinski definition) is 1. The van der Waals surface area contributed by atoms with Gasteiger partial charge in [-0.05, 0) is 26.0 Å². The van der Waals surface area contributed by atoms with Crippen molar-refractivity contribution in [3.8, 4) is 11.5 Å². The quantitative estimate of drug-likeness (QED) is 0.805. The first-order valence-corrected chi connectivity index (χ1v) is 6.43. The summed E-state index contributed by atoms with van der Waals surface area (Å²) in [6, 6.07) is 4.80. The number of methoxy groups -OCH3 is 1. The normalized spacial score (nSPS) is 20.3. The van der Waals surface area contributed by atoms with Gasteiger partial charge in [-0.25, -0.2) is 4.79 Å². The Balaban J connectivity index is 2.34. The predicted octanol–water partition coefficient (Wildman–Crippen LogP) is 1.88. The maximum Gasteiger partial charge on any atom is 0.336 e. The molecule has 0 amide bonds. The molecule has 2 heterocycles. The maximum atomic E-state index is 11.4. The monoisotopic (exact) mass is 276 g/mol. The molecule has 1 aromatic carbocycles. The van der Waals surface area contributed by atoms with Crippen molar-refractivity contribution in [3.63, 3.8) is 0 Å². The van der Waals surface area contributed by atoms with Crippen LogP contribution in [-0.2, 0) is 6.42 Å². The lowest BCUT2D eigenvalue weighted by Crippen LogP contribution is -2.46. The summed E-state index contributed by atoms with van der Waals surface area (Å²) in [5.41, 5.74) is -0.0286. The largest absolute Gasteiger partial charge is 0.493 e. The van der Waals surface area contributed by atoms with Gasteiger partial charge < -0.3 is 19.0 Å². The van der Waals surface area contributed by atoms with Gasteiger partial charge in [-0.15, -0.1) is 0 Å². The van der Waals surface area contributed by atoms with Crippen molar-refractivity contribution in [1.82, 2.24) is 0 Å². The average molecular weight is 276 g/mol. The van der Waals surface area contributed by atoms with Gasteiger partial charge in [-0.2, -0.15) is 0 Å². The molecule has 1 N–H and O–H groups in total. The molecule has 0 unspecified atom stereocenters. The molecule has 5 nitrogen and oxygen atoms in total. The van der Waals surface area contributed by atoms with Crippen LogP contribution in [0.15, 0.2) is 27.4 Å². The Kier molecular flexibility index (Phi) is 2.76. The first-order valence-electron chi connectivity index (χ1n) is 6.43. The topological polar surface area (TPSA) is 68.9 Å². The average Bonchev–Trinajstić information content (AvgIpc) is 2.39. The Bertz CT molecular complexity index is 729. The van der Waals surface area contributed by atoms with Gasteiger partial charge >= 0.3 is 5.63 Å². The lowest BCUT2D eigenvalue weighted by atomic mass is 9.90. The fourth-order valence-corrected chi connectivity index (χ4v) is 2.45. The van der Waals surface area contributed by atoms with Crippen molar-refractivity contribution in [2.45, 2.75) is 32.0 Å². The van der Waals surface area contributed by atoms with Crippen molar-refractivity contribution >= 4 is 11.0 Å². The number of aliphatic hydroxyl groups is 1. The minimum Gasteiger partial charge on any atom is -0.493 e. The van der Waals surface area contributed by atoms with E-state index in [0.29, 0.717) is 29.1 Å². The van der Waals surface area contributed by atoms with Gasteiger partial charge in [0, 0.05) is 23.4 Å². The lowest BCUT2D eigenvalue weighted by molar-refractivity contribution is -0.0423. The molecule has 106 valence electrons. The molecule has 0 radical (unpaired) electrons. The second-order valence-electron chi connectivity index (χ2n) is 5.48. The van der Waals surface area contributed by atoms with E-state index < -0.39 is 17.3 Å². The SMILES string of the molecule is COc1cc2ccc(=O)oc2c2c1OC(C)(C)[C@H](O)C2. The van der Waals surface area contributed by atoms with Gasteiger partial charge in [0.1, 0.15) is 11.2 Å². The van der Waals surface area contributed by atoms with E-state index in [4.69, 9.17) is 13.9 Å². The molecular weight excluding hydrogens is 260 g/mol. The number of aliphatic hydroxyl groups excluding tert-OH is 1. The van der Waals surface area contributed by atoms with Crippen LogP contribution >= 0.6 is 0 Å². The van der Waals surface area contributed by atoms with Crippen LogP contribution < -0.4 is 15.1 Å². The van der Waals surface area contributed by atoms with Crippen molar-refractivity contribution in [3.05, 3.63) is 34.2 Å². The van der Waals surface area contributed by atoms with E-state index in [9.17, 15) is 9.90 Å². The molecule has 1 aliphatic heterocycles. The van der Waals surface area contributed by atoms with E-state index in [1.807, 2.05) is 13.8 Å². The Morgan fingerprint density at radius 2 is 2.15 bits per heavy atom. The molecule has 3 rings (SSSR count). The smallest absolute Gasteiger partial charge is 0.336 e. The van der Waals surface area contributed by atoms with Crippen LogP contribution in [0.5, 0.6) is 11.5 Å². The zero-order valence-corrected chi connectivity index (χ0v) is 11.6. The van der Waals surface area contributed by atoms with Crippen LogP contribution in [0.25, 0.3) is 11.0 Å². The van der Waals surface area contributed by atoms with Crippen LogP contribution in [-0.4, -0.2) is 23.9 Å². The predicted molar refractivity (Wildman–Crippen MR) is 73.5 cm³/mol. The Hall–Kier alpha value is -2.01. The molecule has 2 aromatic rings. The molecule has 0 bridgehead atoms. The third-order valence-electron chi connectivity index (χ3n) is 3.71. The molecule has 0 saturated heterocycles. The van der Waals surface area contributed by atoms with Gasteiger partial charge in [0.05, 0.1) is 13.2 Å². The third kappa shape index (κ3) is 1.86. The maximum absolute atomic E-state index is 11.4. The van der Waals surface area contributed by atoms with Gasteiger partial charge in [0.2, 0.25) is 0 Å². The van der Waals surface area contributed by atoms with Gasteiger partial charge in [0.25, 0.3) is 0 Å². The van der Waals surface area contributed by atoms with Crippen molar-refractivity contribution in [2.75, 3.05) is 7.11 Å². The van der Waals surface area contributed by atoms with Crippen molar-refractivity contribution < 1.29 is 19.0 Å². The molecule has 1 aromatic heterocycles. The number of rotatable bonds is 1. The lowest BCUT2D eigenvalue weighted by Gasteiger charge is -2.37. The minimum atomic E-state index is -0.719. The molecule has 5 heteroatoms. The molecule has 0 fully saturated rings. The molecule has 1 atom stereocenters. The van der Waals surface area contributed by atoms with E-state index in [1.165, 1.54) is 6.07 Å². The summed E-state index contributed by atoms with van der Waals surface area (Å²) in [5, 5.41) is 10.9. The van der Waals surface area contributed by atoms with Crippen LogP contribution in [0.4, 0.5) is 0 Å². The first-order chi connectivity index (χ1) is 9.42. The van der Waals surface area contributed by atoms with Crippen LogP contribution in [0.2, 0.25) is 0 Å². The molecule has 20 heavy (non-hydrogen) atoms. The zero-order chi connectivity index (χ0) is 14.5. The summed E-state index contributed by atoms with van der Waals surface area (Å²) < 4.78 is 16.5. The zero-order valence-electron chi connectivity index (χ0n) is 11.6. The van der Waals surface area contributed by atoms with E-state index in [-0.39, 0.29) is 0 Å². The Labute approximate surface area is 115 Å². The standard InChI is InChI=1S/C15H16O5/c1-15(2)11(16)7-9-13-8(4-5-12(17)19-13)6-10(18-3)14(9)20-15/h4-6,11,16H,7H2,1-3H3/t11-/m1/s1. The highest BCUT2D eigenvalue weighted by Crippen LogP contribution is 2.43. The first kappa shape index (κ1) is 13.0. The number of benzene rings is 1. The van der Waals surface area contributed by atoms with E-state index in [1.54, 1.807) is 19.2 Å².